The molecule has 72 valence electrons. The third-order valence-corrected chi connectivity index (χ3v) is 2.18. The second-order valence-electron chi connectivity index (χ2n) is 2.61. The molecule has 0 aromatic carbocycles. The molecule has 0 bridgehead atoms. The third-order valence-electron chi connectivity index (χ3n) is 1.60. The number of nitrogens with one attached hydrogen (secondary N) is 2. The van der Waals surface area contributed by atoms with Crippen molar-refractivity contribution in [2.45, 2.75) is 0 Å². The smallest absolute Gasteiger partial charge is 0.326 e. The van der Waals surface area contributed by atoms with Gasteiger partial charge in [-0.15, -0.1) is 0 Å². The summed E-state index contributed by atoms with van der Waals surface area (Å²) in [7, 11) is 0. The van der Waals surface area contributed by atoms with E-state index in [1.54, 1.807) is 12.1 Å². The van der Waals surface area contributed by atoms with Gasteiger partial charge in [0.1, 0.15) is 11.5 Å². The molecule has 0 atom stereocenters. The van der Waals surface area contributed by atoms with E-state index in [0.29, 0.717) is 5.76 Å². The van der Waals surface area contributed by atoms with Gasteiger partial charge < -0.3 is 9.73 Å². The first-order valence-electron chi connectivity index (χ1n) is 3.74. The van der Waals surface area contributed by atoms with E-state index in [9.17, 15) is 9.59 Å². The average molecular weight is 304 g/mol. The molecule has 0 unspecified atom stereocenters. The van der Waals surface area contributed by atoms with E-state index in [0.717, 1.165) is 3.77 Å². The molecule has 1 saturated heterocycles. The second-order valence-corrected chi connectivity index (χ2v) is 3.67. The summed E-state index contributed by atoms with van der Waals surface area (Å²) in [5, 5.41) is 4.45. The number of hydrogen-bond donors (Lipinski definition) is 2. The summed E-state index contributed by atoms with van der Waals surface area (Å²) < 4.78 is 5.93. The first-order chi connectivity index (χ1) is 6.65. The van der Waals surface area contributed by atoms with Gasteiger partial charge in [-0.1, -0.05) is 0 Å². The van der Waals surface area contributed by atoms with Gasteiger partial charge in [-0.3, -0.25) is 10.1 Å². The third kappa shape index (κ3) is 1.79. The van der Waals surface area contributed by atoms with E-state index < -0.39 is 11.9 Å². The standard InChI is InChI=1S/C8H5IN2O3/c9-6-2-1-4(14-6)3-5-7(12)11-8(13)10-5/h1-3H,(H2,10,11,12,13)/b5-3+. The van der Waals surface area contributed by atoms with Gasteiger partial charge in [0.15, 0.2) is 3.77 Å². The fourth-order valence-electron chi connectivity index (χ4n) is 1.03. The Morgan fingerprint density at radius 2 is 2.07 bits per heavy atom. The molecule has 1 aromatic heterocycles. The van der Waals surface area contributed by atoms with Crippen LogP contribution in [0.25, 0.3) is 6.08 Å². The summed E-state index contributed by atoms with van der Waals surface area (Å²) in [6.45, 7) is 0. The van der Waals surface area contributed by atoms with Crippen LogP contribution >= 0.6 is 22.6 Å². The van der Waals surface area contributed by atoms with E-state index in [1.165, 1.54) is 6.08 Å². The minimum absolute atomic E-state index is 0.195. The highest BCUT2D eigenvalue weighted by molar-refractivity contribution is 14.1. The lowest BCUT2D eigenvalue weighted by Gasteiger charge is -1.90. The minimum Gasteiger partial charge on any atom is -0.451 e. The molecule has 5 nitrogen and oxygen atoms in total. The number of hydrogen-bond acceptors (Lipinski definition) is 3. The predicted molar refractivity (Wildman–Crippen MR) is 56.1 cm³/mol. The van der Waals surface area contributed by atoms with Crippen molar-refractivity contribution in [3.05, 3.63) is 27.4 Å². The van der Waals surface area contributed by atoms with Crippen molar-refractivity contribution in [1.82, 2.24) is 10.6 Å². The monoisotopic (exact) mass is 304 g/mol. The molecule has 6 heteroatoms. The molecule has 0 radical (unpaired) electrons. The second kappa shape index (κ2) is 3.45. The van der Waals surface area contributed by atoms with Crippen molar-refractivity contribution in [3.8, 4) is 0 Å². The lowest BCUT2D eigenvalue weighted by molar-refractivity contribution is -0.115. The number of furan rings is 1. The molecular formula is C8H5IN2O3. The molecule has 1 fully saturated rings. The highest BCUT2D eigenvalue weighted by Crippen LogP contribution is 2.13. The Hall–Kier alpha value is -1.31. The number of imide groups is 1. The summed E-state index contributed by atoms with van der Waals surface area (Å²) in [4.78, 5) is 21.8. The van der Waals surface area contributed by atoms with Crippen LogP contribution in [0, 0.1) is 3.77 Å². The van der Waals surface area contributed by atoms with Crippen LogP contribution < -0.4 is 10.6 Å². The SMILES string of the molecule is O=C1NC(=O)/C(=C\c2ccc(I)o2)N1. The van der Waals surface area contributed by atoms with Crippen molar-refractivity contribution in [2.75, 3.05) is 0 Å². The lowest BCUT2D eigenvalue weighted by Crippen LogP contribution is -2.22. The Bertz CT molecular complexity index is 436. The van der Waals surface area contributed by atoms with Crippen molar-refractivity contribution in [2.24, 2.45) is 0 Å². The van der Waals surface area contributed by atoms with Crippen LogP contribution in [0.4, 0.5) is 4.79 Å². The van der Waals surface area contributed by atoms with E-state index in [-0.39, 0.29) is 5.70 Å². The topological polar surface area (TPSA) is 71.3 Å². The quantitative estimate of drug-likeness (QED) is 0.463. The van der Waals surface area contributed by atoms with Crippen molar-refractivity contribution in [3.63, 3.8) is 0 Å². The summed E-state index contributed by atoms with van der Waals surface area (Å²) >= 11 is 2.01. The summed E-state index contributed by atoms with van der Waals surface area (Å²) in [5.74, 6) is 0.0863. The Kier molecular flexibility index (Phi) is 2.28. The first kappa shape index (κ1) is 9.25. The zero-order valence-electron chi connectivity index (χ0n) is 6.83. The minimum atomic E-state index is -0.512. The molecular weight excluding hydrogens is 299 g/mol. The Balaban J connectivity index is 2.27. The molecule has 2 N–H and O–H groups in total. The highest BCUT2D eigenvalue weighted by atomic mass is 127. The van der Waals surface area contributed by atoms with Crippen LogP contribution in [0.2, 0.25) is 0 Å². The van der Waals surface area contributed by atoms with Crippen molar-refractivity contribution >= 4 is 40.6 Å². The van der Waals surface area contributed by atoms with Gasteiger partial charge in [-0.05, 0) is 34.7 Å². The number of rotatable bonds is 1. The molecule has 2 heterocycles. The van der Waals surface area contributed by atoms with Crippen LogP contribution in [0.15, 0.2) is 22.2 Å². The van der Waals surface area contributed by atoms with Gasteiger partial charge in [0, 0.05) is 6.08 Å². The van der Waals surface area contributed by atoms with Crippen LogP contribution in [0.3, 0.4) is 0 Å². The first-order valence-corrected chi connectivity index (χ1v) is 4.82. The van der Waals surface area contributed by atoms with E-state index in [1.807, 2.05) is 22.6 Å². The normalized spacial score (nSPS) is 18.5. The molecule has 1 aliphatic rings. The maximum absolute atomic E-state index is 11.1. The van der Waals surface area contributed by atoms with Crippen LogP contribution in [-0.2, 0) is 4.79 Å². The molecule has 1 aromatic rings. The molecule has 14 heavy (non-hydrogen) atoms. The Morgan fingerprint density at radius 3 is 2.57 bits per heavy atom. The number of halogens is 1. The van der Waals surface area contributed by atoms with Crippen molar-refractivity contribution in [1.29, 1.82) is 0 Å². The molecule has 0 spiro atoms. The maximum atomic E-state index is 11.1. The predicted octanol–water partition coefficient (Wildman–Crippen LogP) is 1.06. The van der Waals surface area contributed by atoms with Crippen molar-refractivity contribution < 1.29 is 14.0 Å². The molecule has 2 rings (SSSR count). The molecule has 0 saturated carbocycles. The Morgan fingerprint density at radius 1 is 1.29 bits per heavy atom. The van der Waals surface area contributed by atoms with Gasteiger partial charge >= 0.3 is 6.03 Å². The van der Waals surface area contributed by atoms with Gasteiger partial charge in [0.05, 0.1) is 0 Å². The van der Waals surface area contributed by atoms with Gasteiger partial charge in [0.2, 0.25) is 0 Å². The fraction of sp³-hybridized carbons (Fsp3) is 0. The van der Waals surface area contributed by atoms with E-state index in [2.05, 4.69) is 10.6 Å². The molecule has 1 aliphatic heterocycles. The summed E-state index contributed by atoms with van der Waals surface area (Å²) in [5.41, 5.74) is 0.195. The number of carbonyl (C=O) groups is 2. The van der Waals surface area contributed by atoms with Gasteiger partial charge in [-0.2, -0.15) is 0 Å². The molecule has 3 amide bonds. The zero-order valence-corrected chi connectivity index (χ0v) is 8.99. The largest absolute Gasteiger partial charge is 0.451 e. The van der Waals surface area contributed by atoms with Gasteiger partial charge in [-0.25, -0.2) is 4.79 Å². The fourth-order valence-corrected chi connectivity index (χ4v) is 1.46. The lowest BCUT2D eigenvalue weighted by atomic mass is 10.3. The summed E-state index contributed by atoms with van der Waals surface area (Å²) in [6.07, 6.45) is 1.47. The van der Waals surface area contributed by atoms with Crippen LogP contribution in [-0.4, -0.2) is 11.9 Å². The molecule has 0 aliphatic carbocycles. The zero-order chi connectivity index (χ0) is 10.1. The number of amides is 3. The maximum Gasteiger partial charge on any atom is 0.326 e. The highest BCUT2D eigenvalue weighted by Gasteiger charge is 2.23. The average Bonchev–Trinajstić information content (AvgIpc) is 2.61. The van der Waals surface area contributed by atoms with Gasteiger partial charge in [0.25, 0.3) is 5.91 Å². The van der Waals surface area contributed by atoms with E-state index >= 15 is 0 Å². The van der Waals surface area contributed by atoms with Crippen LogP contribution in [0.1, 0.15) is 5.76 Å². The number of carbonyl (C=O) groups excluding carboxylic acids is 2. The van der Waals surface area contributed by atoms with Crippen LogP contribution in [0.5, 0.6) is 0 Å². The summed E-state index contributed by atoms with van der Waals surface area (Å²) in [6, 6.07) is 2.97. The van der Waals surface area contributed by atoms with E-state index in [4.69, 9.17) is 4.42 Å². The Labute approximate surface area is 92.7 Å². The number of urea groups is 1.